The molecule has 0 unspecified atom stereocenters. The smallest absolute Gasteiger partial charge is 0.326 e. The Hall–Kier alpha value is -2.05. The minimum atomic E-state index is -1.68. The second kappa shape index (κ2) is 6.21. The third-order valence-corrected chi connectivity index (χ3v) is 2.43. The molecule has 0 aromatic heterocycles. The van der Waals surface area contributed by atoms with E-state index in [0.29, 0.717) is 18.6 Å². The Balaban J connectivity index is 2.91. The molecule has 1 amide bonds. The van der Waals surface area contributed by atoms with E-state index in [1.54, 1.807) is 6.92 Å². The van der Waals surface area contributed by atoms with Crippen LogP contribution in [0.5, 0.6) is 0 Å². The number of carboxylic acid groups (broad SMARTS) is 1. The molecule has 2 N–H and O–H groups in total. The molecule has 1 aromatic carbocycles. The summed E-state index contributed by atoms with van der Waals surface area (Å²) in [5.41, 5.74) is -0.473. The maximum Gasteiger partial charge on any atom is 0.326 e. The predicted molar refractivity (Wildman–Crippen MR) is 60.1 cm³/mol. The fourth-order valence-corrected chi connectivity index (χ4v) is 1.47. The molecule has 0 heterocycles. The van der Waals surface area contributed by atoms with E-state index < -0.39 is 40.9 Å². The van der Waals surface area contributed by atoms with Crippen molar-refractivity contribution < 1.29 is 27.9 Å². The van der Waals surface area contributed by atoms with Crippen LogP contribution in [0.4, 0.5) is 13.2 Å². The second-order valence-electron chi connectivity index (χ2n) is 3.91. The van der Waals surface area contributed by atoms with E-state index in [1.165, 1.54) is 0 Å². The van der Waals surface area contributed by atoms with Crippen molar-refractivity contribution in [3.8, 4) is 0 Å². The van der Waals surface area contributed by atoms with Crippen LogP contribution in [-0.2, 0) is 4.79 Å². The highest BCUT2D eigenvalue weighted by molar-refractivity contribution is 5.96. The molecule has 0 aliphatic heterocycles. The number of carboxylic acids is 1. The van der Waals surface area contributed by atoms with Gasteiger partial charge in [0.25, 0.3) is 5.91 Å². The first kappa shape index (κ1) is 15.0. The standard InChI is InChI=1S/C12H12F3NO3/c1-2-3-9(12(18)19)16-11(17)6-4-7(13)10(15)8(14)5-6/h4-5,9H,2-3H2,1H3,(H,16,17)(H,18,19)/t9-/m0/s1. The molecule has 1 rings (SSSR count). The number of halogens is 3. The molecule has 0 radical (unpaired) electrons. The number of amides is 1. The lowest BCUT2D eigenvalue weighted by molar-refractivity contribution is -0.139. The van der Waals surface area contributed by atoms with Crippen LogP contribution in [0.25, 0.3) is 0 Å². The molecule has 0 aliphatic rings. The molecule has 1 atom stereocenters. The lowest BCUT2D eigenvalue weighted by Crippen LogP contribution is -2.40. The first-order valence-electron chi connectivity index (χ1n) is 5.55. The molecule has 0 bridgehead atoms. The fraction of sp³-hybridized carbons (Fsp3) is 0.333. The number of carbonyl (C=O) groups is 2. The highest BCUT2D eigenvalue weighted by atomic mass is 19.2. The average Bonchev–Trinajstić information content (AvgIpc) is 2.34. The Bertz CT molecular complexity index is 482. The van der Waals surface area contributed by atoms with Crippen molar-refractivity contribution in [3.63, 3.8) is 0 Å². The summed E-state index contributed by atoms with van der Waals surface area (Å²) in [5, 5.41) is 10.9. The third kappa shape index (κ3) is 3.70. The molecule has 7 heteroatoms. The Morgan fingerprint density at radius 2 is 1.79 bits per heavy atom. The summed E-state index contributed by atoms with van der Waals surface area (Å²) in [4.78, 5) is 22.4. The molecule has 104 valence electrons. The number of hydrogen-bond acceptors (Lipinski definition) is 2. The highest BCUT2D eigenvalue weighted by Crippen LogP contribution is 2.14. The van der Waals surface area contributed by atoms with Crippen molar-refractivity contribution in [2.45, 2.75) is 25.8 Å². The molecule has 19 heavy (non-hydrogen) atoms. The molecule has 0 spiro atoms. The lowest BCUT2D eigenvalue weighted by Gasteiger charge is -2.13. The van der Waals surface area contributed by atoms with Gasteiger partial charge in [0.15, 0.2) is 17.5 Å². The number of aliphatic carboxylic acids is 1. The summed E-state index contributed by atoms with van der Waals surface area (Å²) in [6.07, 6.45) is 0.677. The Morgan fingerprint density at radius 3 is 2.21 bits per heavy atom. The first-order chi connectivity index (χ1) is 8.86. The summed E-state index contributed by atoms with van der Waals surface area (Å²) in [5.74, 6) is -6.92. The van der Waals surface area contributed by atoms with Gasteiger partial charge in [-0.15, -0.1) is 0 Å². The van der Waals surface area contributed by atoms with Gasteiger partial charge in [-0.2, -0.15) is 0 Å². The van der Waals surface area contributed by atoms with Crippen molar-refractivity contribution in [1.29, 1.82) is 0 Å². The van der Waals surface area contributed by atoms with Gasteiger partial charge in [-0.1, -0.05) is 13.3 Å². The topological polar surface area (TPSA) is 66.4 Å². The van der Waals surface area contributed by atoms with Crippen LogP contribution in [0.1, 0.15) is 30.1 Å². The van der Waals surface area contributed by atoms with Gasteiger partial charge in [-0.25, -0.2) is 18.0 Å². The van der Waals surface area contributed by atoms with Crippen LogP contribution in [0.15, 0.2) is 12.1 Å². The number of nitrogens with one attached hydrogen (secondary N) is 1. The van der Waals surface area contributed by atoms with E-state index in [1.807, 2.05) is 0 Å². The minimum Gasteiger partial charge on any atom is -0.480 e. The van der Waals surface area contributed by atoms with Crippen molar-refractivity contribution in [1.82, 2.24) is 5.32 Å². The summed E-state index contributed by atoms with van der Waals surface area (Å²) in [6, 6.07) is -0.134. The van der Waals surface area contributed by atoms with Gasteiger partial charge in [0.1, 0.15) is 6.04 Å². The normalized spacial score (nSPS) is 12.0. The fourth-order valence-electron chi connectivity index (χ4n) is 1.47. The van der Waals surface area contributed by atoms with Gasteiger partial charge >= 0.3 is 5.97 Å². The number of carbonyl (C=O) groups excluding carboxylic acids is 1. The van der Waals surface area contributed by atoms with Gasteiger partial charge in [0, 0.05) is 5.56 Å². The maximum atomic E-state index is 12.9. The lowest BCUT2D eigenvalue weighted by atomic mass is 10.1. The van der Waals surface area contributed by atoms with Crippen LogP contribution >= 0.6 is 0 Å². The molecular formula is C12H12F3NO3. The van der Waals surface area contributed by atoms with Crippen molar-refractivity contribution >= 4 is 11.9 Å². The third-order valence-electron chi connectivity index (χ3n) is 2.43. The van der Waals surface area contributed by atoms with Gasteiger partial charge in [0.2, 0.25) is 0 Å². The maximum absolute atomic E-state index is 12.9. The number of hydrogen-bond donors (Lipinski definition) is 2. The SMILES string of the molecule is CCC[C@H](NC(=O)c1cc(F)c(F)c(F)c1)C(=O)O. The van der Waals surface area contributed by atoms with Gasteiger partial charge in [0.05, 0.1) is 0 Å². The predicted octanol–water partition coefficient (Wildman–Crippen LogP) is 2.09. The zero-order valence-corrected chi connectivity index (χ0v) is 10.0. The summed E-state index contributed by atoms with van der Waals surface area (Å²) in [7, 11) is 0. The van der Waals surface area contributed by atoms with E-state index >= 15 is 0 Å². The molecule has 1 aromatic rings. The van der Waals surface area contributed by atoms with E-state index in [4.69, 9.17) is 5.11 Å². The van der Waals surface area contributed by atoms with E-state index in [-0.39, 0.29) is 6.42 Å². The zero-order chi connectivity index (χ0) is 14.6. The van der Waals surface area contributed by atoms with Crippen LogP contribution in [0.3, 0.4) is 0 Å². The first-order valence-corrected chi connectivity index (χ1v) is 5.55. The highest BCUT2D eigenvalue weighted by Gasteiger charge is 2.21. The Kier molecular flexibility index (Phi) is 4.91. The summed E-state index contributed by atoms with van der Waals surface area (Å²) < 4.78 is 38.6. The molecule has 4 nitrogen and oxygen atoms in total. The minimum absolute atomic E-state index is 0.174. The van der Waals surface area contributed by atoms with Gasteiger partial charge in [-0.3, -0.25) is 4.79 Å². The summed E-state index contributed by atoms with van der Waals surface area (Å²) >= 11 is 0. The Morgan fingerprint density at radius 1 is 1.26 bits per heavy atom. The monoisotopic (exact) mass is 275 g/mol. The van der Waals surface area contributed by atoms with Crippen molar-refractivity contribution in [2.75, 3.05) is 0 Å². The van der Waals surface area contributed by atoms with Crippen molar-refractivity contribution in [2.24, 2.45) is 0 Å². The van der Waals surface area contributed by atoms with E-state index in [9.17, 15) is 22.8 Å². The van der Waals surface area contributed by atoms with Crippen LogP contribution in [-0.4, -0.2) is 23.0 Å². The van der Waals surface area contributed by atoms with Crippen LogP contribution < -0.4 is 5.32 Å². The van der Waals surface area contributed by atoms with Gasteiger partial charge < -0.3 is 10.4 Å². The largest absolute Gasteiger partial charge is 0.480 e. The average molecular weight is 275 g/mol. The Labute approximate surface area is 107 Å². The van der Waals surface area contributed by atoms with Crippen LogP contribution in [0, 0.1) is 17.5 Å². The van der Waals surface area contributed by atoms with Gasteiger partial charge in [-0.05, 0) is 18.6 Å². The number of benzene rings is 1. The molecule has 0 saturated carbocycles. The van der Waals surface area contributed by atoms with Crippen molar-refractivity contribution in [3.05, 3.63) is 35.1 Å². The summed E-state index contributed by atoms with van der Waals surface area (Å²) in [6.45, 7) is 1.72. The van der Waals surface area contributed by atoms with E-state index in [2.05, 4.69) is 5.32 Å². The molecule has 0 saturated heterocycles. The zero-order valence-electron chi connectivity index (χ0n) is 10.0. The quantitative estimate of drug-likeness (QED) is 0.808. The van der Waals surface area contributed by atoms with E-state index in [0.717, 1.165) is 0 Å². The second-order valence-corrected chi connectivity index (χ2v) is 3.91. The van der Waals surface area contributed by atoms with Crippen LogP contribution in [0.2, 0.25) is 0 Å². The molecule has 0 aliphatic carbocycles. The molecule has 0 fully saturated rings. The number of rotatable bonds is 5. The molecular weight excluding hydrogens is 263 g/mol.